The molecule has 0 saturated carbocycles. The highest BCUT2D eigenvalue weighted by atomic mass is 32.1. The quantitative estimate of drug-likeness (QED) is 0.351. The number of hydrogen-bond donors (Lipinski definition) is 2. The van der Waals surface area contributed by atoms with Gasteiger partial charge in [0.1, 0.15) is 10.7 Å². The molecule has 3 amide bonds. The van der Waals surface area contributed by atoms with Crippen LogP contribution in [-0.4, -0.2) is 21.8 Å². The number of aryl methyl sites for hydroxylation is 1. The largest absolute Gasteiger partial charge is 0.347 e. The van der Waals surface area contributed by atoms with Crippen molar-refractivity contribution in [3.63, 3.8) is 0 Å². The van der Waals surface area contributed by atoms with E-state index in [1.165, 1.54) is 11.3 Å². The second kappa shape index (κ2) is 11.2. The minimum Gasteiger partial charge on any atom is -0.347 e. The Balaban J connectivity index is 1.44. The normalized spacial score (nSPS) is 10.5. The zero-order valence-corrected chi connectivity index (χ0v) is 19.7. The van der Waals surface area contributed by atoms with Gasteiger partial charge in [-0.3, -0.25) is 4.79 Å². The molecule has 0 fully saturated rings. The molecular weight excluding hydrogens is 444 g/mol. The van der Waals surface area contributed by atoms with Crippen molar-refractivity contribution in [2.24, 2.45) is 0 Å². The van der Waals surface area contributed by atoms with Crippen molar-refractivity contribution >= 4 is 29.0 Å². The van der Waals surface area contributed by atoms with Crippen LogP contribution in [0.1, 0.15) is 32.2 Å². The highest BCUT2D eigenvalue weighted by Gasteiger charge is 2.18. The fraction of sp³-hybridized carbons (Fsp3) is 0.148. The molecule has 0 saturated heterocycles. The number of thiazole rings is 1. The SMILES string of the molecule is Cc1cccc(NC(=O)N(Cc2ccccc2)Cc2nc(C(=O)NCc3ccccc3)cs2)c1. The maximum absolute atomic E-state index is 13.1. The Labute approximate surface area is 203 Å². The van der Waals surface area contributed by atoms with Crippen molar-refractivity contribution in [3.8, 4) is 0 Å². The summed E-state index contributed by atoms with van der Waals surface area (Å²) in [5, 5.41) is 8.30. The molecule has 0 aliphatic rings. The Morgan fingerprint density at radius 1 is 0.882 bits per heavy atom. The van der Waals surface area contributed by atoms with Crippen molar-refractivity contribution < 1.29 is 9.59 Å². The first-order valence-corrected chi connectivity index (χ1v) is 11.9. The standard InChI is InChI=1S/C27H26N4O2S/c1-20-9-8-14-23(15-20)29-27(33)31(17-22-12-6-3-7-13-22)18-25-30-24(19-34-25)26(32)28-16-21-10-4-2-5-11-21/h2-15,19H,16-18H2,1H3,(H,28,32)(H,29,33). The summed E-state index contributed by atoms with van der Waals surface area (Å²) in [6.45, 7) is 3.14. The van der Waals surface area contributed by atoms with Crippen LogP contribution >= 0.6 is 11.3 Å². The van der Waals surface area contributed by atoms with E-state index in [9.17, 15) is 9.59 Å². The average molecular weight is 471 g/mol. The number of carbonyl (C=O) groups excluding carboxylic acids is 2. The molecule has 0 aliphatic heterocycles. The van der Waals surface area contributed by atoms with Gasteiger partial charge in [0.25, 0.3) is 5.91 Å². The summed E-state index contributed by atoms with van der Waals surface area (Å²) in [6.07, 6.45) is 0. The van der Waals surface area contributed by atoms with Gasteiger partial charge in [0.15, 0.2) is 0 Å². The molecule has 172 valence electrons. The van der Waals surface area contributed by atoms with Crippen molar-refractivity contribution in [1.29, 1.82) is 0 Å². The molecule has 4 rings (SSSR count). The van der Waals surface area contributed by atoms with E-state index in [0.717, 1.165) is 22.4 Å². The first kappa shape index (κ1) is 23.2. The van der Waals surface area contributed by atoms with Gasteiger partial charge >= 0.3 is 6.03 Å². The molecule has 1 heterocycles. The lowest BCUT2D eigenvalue weighted by molar-refractivity contribution is 0.0946. The summed E-state index contributed by atoms with van der Waals surface area (Å²) in [5.41, 5.74) is 4.20. The number of nitrogens with one attached hydrogen (secondary N) is 2. The smallest absolute Gasteiger partial charge is 0.322 e. The predicted octanol–water partition coefficient (Wildman–Crippen LogP) is 5.62. The van der Waals surface area contributed by atoms with E-state index in [4.69, 9.17) is 0 Å². The topological polar surface area (TPSA) is 74.3 Å². The Morgan fingerprint density at radius 2 is 1.59 bits per heavy atom. The molecule has 0 radical (unpaired) electrons. The molecule has 0 spiro atoms. The van der Waals surface area contributed by atoms with Gasteiger partial charge in [-0.2, -0.15) is 0 Å². The van der Waals surface area contributed by atoms with Gasteiger partial charge in [-0.1, -0.05) is 72.8 Å². The Morgan fingerprint density at radius 3 is 2.29 bits per heavy atom. The third kappa shape index (κ3) is 6.52. The second-order valence-electron chi connectivity index (χ2n) is 7.94. The van der Waals surface area contributed by atoms with Crippen LogP contribution in [-0.2, 0) is 19.6 Å². The van der Waals surface area contributed by atoms with Crippen LogP contribution < -0.4 is 10.6 Å². The van der Waals surface area contributed by atoms with Crippen LogP contribution in [0.2, 0.25) is 0 Å². The van der Waals surface area contributed by atoms with Crippen LogP contribution in [0.15, 0.2) is 90.3 Å². The summed E-state index contributed by atoms with van der Waals surface area (Å²) in [7, 11) is 0. The first-order chi connectivity index (χ1) is 16.6. The Hall–Kier alpha value is -3.97. The van der Waals surface area contributed by atoms with Gasteiger partial charge in [-0.15, -0.1) is 11.3 Å². The molecule has 7 heteroatoms. The van der Waals surface area contributed by atoms with E-state index in [1.54, 1.807) is 10.3 Å². The van der Waals surface area contributed by atoms with Crippen molar-refractivity contribution in [1.82, 2.24) is 15.2 Å². The van der Waals surface area contributed by atoms with E-state index in [2.05, 4.69) is 15.6 Å². The van der Waals surface area contributed by atoms with E-state index < -0.39 is 0 Å². The lowest BCUT2D eigenvalue weighted by Crippen LogP contribution is -2.34. The zero-order chi connectivity index (χ0) is 23.8. The van der Waals surface area contributed by atoms with Crippen LogP contribution in [0, 0.1) is 6.92 Å². The van der Waals surface area contributed by atoms with Crippen molar-refractivity contribution in [3.05, 3.63) is 118 Å². The van der Waals surface area contributed by atoms with Crippen molar-refractivity contribution in [2.75, 3.05) is 5.32 Å². The molecule has 0 unspecified atom stereocenters. The number of nitrogens with zero attached hydrogens (tertiary/aromatic N) is 2. The fourth-order valence-electron chi connectivity index (χ4n) is 3.45. The number of benzene rings is 3. The molecule has 6 nitrogen and oxygen atoms in total. The van der Waals surface area contributed by atoms with E-state index in [0.29, 0.717) is 30.3 Å². The molecular formula is C27H26N4O2S. The third-order valence-electron chi connectivity index (χ3n) is 5.18. The van der Waals surface area contributed by atoms with E-state index >= 15 is 0 Å². The molecule has 0 aliphatic carbocycles. The average Bonchev–Trinajstić information content (AvgIpc) is 3.32. The lowest BCUT2D eigenvalue weighted by atomic mass is 10.2. The highest BCUT2D eigenvalue weighted by molar-refractivity contribution is 7.09. The Bertz CT molecular complexity index is 1240. The second-order valence-corrected chi connectivity index (χ2v) is 8.88. The highest BCUT2D eigenvalue weighted by Crippen LogP contribution is 2.17. The number of aromatic nitrogens is 1. The number of hydrogen-bond acceptors (Lipinski definition) is 4. The number of anilines is 1. The third-order valence-corrected chi connectivity index (χ3v) is 6.01. The van der Waals surface area contributed by atoms with Crippen LogP contribution in [0.4, 0.5) is 10.5 Å². The van der Waals surface area contributed by atoms with Crippen LogP contribution in [0.5, 0.6) is 0 Å². The monoisotopic (exact) mass is 470 g/mol. The molecule has 2 N–H and O–H groups in total. The summed E-state index contributed by atoms with van der Waals surface area (Å²) >= 11 is 1.37. The summed E-state index contributed by atoms with van der Waals surface area (Å²) < 4.78 is 0. The first-order valence-electron chi connectivity index (χ1n) is 11.0. The minimum absolute atomic E-state index is 0.222. The number of urea groups is 1. The molecule has 0 atom stereocenters. The molecule has 1 aromatic heterocycles. The van der Waals surface area contributed by atoms with E-state index in [-0.39, 0.29) is 11.9 Å². The minimum atomic E-state index is -0.231. The predicted molar refractivity (Wildman–Crippen MR) is 136 cm³/mol. The maximum Gasteiger partial charge on any atom is 0.322 e. The Kier molecular flexibility index (Phi) is 7.67. The number of rotatable bonds is 8. The summed E-state index contributed by atoms with van der Waals surface area (Å²) in [4.78, 5) is 31.9. The van der Waals surface area contributed by atoms with Gasteiger partial charge in [0.05, 0.1) is 6.54 Å². The summed E-state index contributed by atoms with van der Waals surface area (Å²) in [5.74, 6) is -0.231. The molecule has 34 heavy (non-hydrogen) atoms. The fourth-order valence-corrected chi connectivity index (χ4v) is 4.24. The van der Waals surface area contributed by atoms with Crippen LogP contribution in [0.3, 0.4) is 0 Å². The van der Waals surface area contributed by atoms with E-state index in [1.807, 2.05) is 91.9 Å². The van der Waals surface area contributed by atoms with Gasteiger partial charge < -0.3 is 15.5 Å². The molecule has 4 aromatic rings. The zero-order valence-electron chi connectivity index (χ0n) is 18.9. The van der Waals surface area contributed by atoms with Gasteiger partial charge in [0.2, 0.25) is 0 Å². The van der Waals surface area contributed by atoms with Crippen molar-refractivity contribution in [2.45, 2.75) is 26.6 Å². The lowest BCUT2D eigenvalue weighted by Gasteiger charge is -2.22. The summed E-state index contributed by atoms with van der Waals surface area (Å²) in [6, 6.07) is 27.0. The van der Waals surface area contributed by atoms with Crippen LogP contribution in [0.25, 0.3) is 0 Å². The van der Waals surface area contributed by atoms with Gasteiger partial charge in [-0.25, -0.2) is 9.78 Å². The van der Waals surface area contributed by atoms with Gasteiger partial charge in [-0.05, 0) is 35.7 Å². The van der Waals surface area contributed by atoms with Gasteiger partial charge in [0, 0.05) is 24.2 Å². The number of amides is 3. The number of carbonyl (C=O) groups is 2. The molecule has 3 aromatic carbocycles. The maximum atomic E-state index is 13.1. The molecule has 0 bridgehead atoms.